The number of para-hydroxylation sites is 1. The largest absolute Gasteiger partial charge is 0.496 e. The van der Waals surface area contributed by atoms with Crippen LogP contribution in [0.2, 0.25) is 0 Å². The summed E-state index contributed by atoms with van der Waals surface area (Å²) in [4.78, 5) is 16.3. The van der Waals surface area contributed by atoms with E-state index in [2.05, 4.69) is 10.3 Å². The van der Waals surface area contributed by atoms with Crippen LogP contribution < -0.4 is 14.8 Å². The molecule has 0 atom stereocenters. The topological polar surface area (TPSA) is 60.5 Å². The SMILES string of the molecule is COc1ccccc1CCC(=O)NCc1ccc(Oc2ccc(F)cc2)nc1. The molecule has 2 aromatic carbocycles. The van der Waals surface area contributed by atoms with Gasteiger partial charge in [0.05, 0.1) is 7.11 Å². The number of ether oxygens (including phenoxy) is 2. The van der Waals surface area contributed by atoms with E-state index in [-0.39, 0.29) is 11.7 Å². The predicted octanol–water partition coefficient (Wildman–Crippen LogP) is 4.27. The van der Waals surface area contributed by atoms with Crippen molar-refractivity contribution in [2.24, 2.45) is 0 Å². The van der Waals surface area contributed by atoms with Crippen molar-refractivity contribution in [3.8, 4) is 17.4 Å². The first-order chi connectivity index (χ1) is 13.6. The summed E-state index contributed by atoms with van der Waals surface area (Å²) < 4.78 is 23.7. The molecule has 1 heterocycles. The average molecular weight is 380 g/mol. The number of halogens is 1. The van der Waals surface area contributed by atoms with Gasteiger partial charge < -0.3 is 14.8 Å². The highest BCUT2D eigenvalue weighted by molar-refractivity contribution is 5.76. The predicted molar refractivity (Wildman–Crippen MR) is 104 cm³/mol. The molecule has 28 heavy (non-hydrogen) atoms. The minimum Gasteiger partial charge on any atom is -0.496 e. The van der Waals surface area contributed by atoms with Crippen LogP contribution in [0.3, 0.4) is 0 Å². The van der Waals surface area contributed by atoms with Crippen molar-refractivity contribution in [2.45, 2.75) is 19.4 Å². The van der Waals surface area contributed by atoms with Gasteiger partial charge in [-0.3, -0.25) is 4.79 Å². The monoisotopic (exact) mass is 380 g/mol. The molecule has 0 saturated heterocycles. The normalized spacial score (nSPS) is 10.4. The van der Waals surface area contributed by atoms with E-state index in [0.717, 1.165) is 16.9 Å². The second-order valence-electron chi connectivity index (χ2n) is 6.15. The Kier molecular flexibility index (Phi) is 6.57. The molecule has 0 aliphatic carbocycles. The molecule has 0 spiro atoms. The molecule has 6 heteroatoms. The minimum atomic E-state index is -0.322. The number of aryl methyl sites for hydroxylation is 1. The first-order valence-corrected chi connectivity index (χ1v) is 8.91. The second-order valence-corrected chi connectivity index (χ2v) is 6.15. The van der Waals surface area contributed by atoms with Gasteiger partial charge in [0.2, 0.25) is 11.8 Å². The van der Waals surface area contributed by atoms with Crippen LogP contribution in [0.25, 0.3) is 0 Å². The van der Waals surface area contributed by atoms with Gasteiger partial charge in [-0.1, -0.05) is 24.3 Å². The molecule has 5 nitrogen and oxygen atoms in total. The number of nitrogens with zero attached hydrogens (tertiary/aromatic N) is 1. The van der Waals surface area contributed by atoms with E-state index in [4.69, 9.17) is 9.47 Å². The van der Waals surface area contributed by atoms with E-state index in [0.29, 0.717) is 31.0 Å². The smallest absolute Gasteiger partial charge is 0.220 e. The van der Waals surface area contributed by atoms with Crippen molar-refractivity contribution in [2.75, 3.05) is 7.11 Å². The Morgan fingerprint density at radius 2 is 1.86 bits per heavy atom. The highest BCUT2D eigenvalue weighted by atomic mass is 19.1. The molecule has 0 bridgehead atoms. The van der Waals surface area contributed by atoms with Gasteiger partial charge in [0, 0.05) is 25.2 Å². The molecular weight excluding hydrogens is 359 g/mol. The summed E-state index contributed by atoms with van der Waals surface area (Å²) in [6.07, 6.45) is 2.62. The number of methoxy groups -OCH3 is 1. The van der Waals surface area contributed by atoms with Gasteiger partial charge in [-0.25, -0.2) is 9.37 Å². The average Bonchev–Trinajstić information content (AvgIpc) is 2.73. The zero-order chi connectivity index (χ0) is 19.8. The van der Waals surface area contributed by atoms with Crippen LogP contribution >= 0.6 is 0 Å². The molecule has 0 fully saturated rings. The van der Waals surface area contributed by atoms with Crippen LogP contribution in [0.4, 0.5) is 4.39 Å². The number of aromatic nitrogens is 1. The Balaban J connectivity index is 1.46. The third-order valence-electron chi connectivity index (χ3n) is 4.14. The van der Waals surface area contributed by atoms with Crippen molar-refractivity contribution in [3.63, 3.8) is 0 Å². The number of rotatable bonds is 8. The number of carbonyl (C=O) groups is 1. The standard InChI is InChI=1S/C22H21FN2O3/c1-27-20-5-3-2-4-17(20)7-12-21(26)24-14-16-6-13-22(25-15-16)28-19-10-8-18(23)9-11-19/h2-6,8-11,13,15H,7,12,14H2,1H3,(H,24,26). The highest BCUT2D eigenvalue weighted by Gasteiger charge is 2.07. The maximum Gasteiger partial charge on any atom is 0.220 e. The minimum absolute atomic E-state index is 0.0439. The lowest BCUT2D eigenvalue weighted by Gasteiger charge is -2.09. The zero-order valence-electron chi connectivity index (χ0n) is 15.5. The lowest BCUT2D eigenvalue weighted by molar-refractivity contribution is -0.121. The van der Waals surface area contributed by atoms with Crippen LogP contribution in [0.1, 0.15) is 17.5 Å². The number of carbonyl (C=O) groups excluding carboxylic acids is 1. The third-order valence-corrected chi connectivity index (χ3v) is 4.14. The fourth-order valence-corrected chi connectivity index (χ4v) is 2.65. The van der Waals surface area contributed by atoms with Crippen LogP contribution in [0.5, 0.6) is 17.4 Å². The van der Waals surface area contributed by atoms with Crippen molar-refractivity contribution in [1.29, 1.82) is 0 Å². The summed E-state index contributed by atoms with van der Waals surface area (Å²) >= 11 is 0. The third kappa shape index (κ3) is 5.54. The molecule has 1 aromatic heterocycles. The van der Waals surface area contributed by atoms with E-state index in [1.807, 2.05) is 30.3 Å². The lowest BCUT2D eigenvalue weighted by atomic mass is 10.1. The van der Waals surface area contributed by atoms with Crippen LogP contribution in [0.15, 0.2) is 66.9 Å². The van der Waals surface area contributed by atoms with Gasteiger partial charge in [-0.2, -0.15) is 0 Å². The molecule has 3 aromatic rings. The van der Waals surface area contributed by atoms with E-state index in [9.17, 15) is 9.18 Å². The summed E-state index contributed by atoms with van der Waals surface area (Å²) in [5.41, 5.74) is 1.86. The quantitative estimate of drug-likeness (QED) is 0.634. The Morgan fingerprint density at radius 1 is 1.07 bits per heavy atom. The highest BCUT2D eigenvalue weighted by Crippen LogP contribution is 2.20. The summed E-state index contributed by atoms with van der Waals surface area (Å²) in [6, 6.07) is 16.9. The fourth-order valence-electron chi connectivity index (χ4n) is 2.65. The number of hydrogen-bond donors (Lipinski definition) is 1. The van der Waals surface area contributed by atoms with Crippen molar-refractivity contribution >= 4 is 5.91 Å². The molecule has 144 valence electrons. The maximum absolute atomic E-state index is 12.9. The van der Waals surface area contributed by atoms with E-state index >= 15 is 0 Å². The Morgan fingerprint density at radius 3 is 2.57 bits per heavy atom. The Labute approximate surface area is 163 Å². The maximum atomic E-state index is 12.9. The van der Waals surface area contributed by atoms with Crippen molar-refractivity contribution < 1.29 is 18.7 Å². The van der Waals surface area contributed by atoms with Crippen LogP contribution in [-0.2, 0) is 17.8 Å². The Bertz CT molecular complexity index is 912. The molecule has 0 aliphatic rings. The lowest BCUT2D eigenvalue weighted by Crippen LogP contribution is -2.23. The molecule has 0 unspecified atom stereocenters. The van der Waals surface area contributed by atoms with Gasteiger partial charge in [0.25, 0.3) is 0 Å². The second kappa shape index (κ2) is 9.50. The van der Waals surface area contributed by atoms with Gasteiger partial charge in [0.1, 0.15) is 17.3 Å². The zero-order valence-corrected chi connectivity index (χ0v) is 15.5. The van der Waals surface area contributed by atoms with Crippen molar-refractivity contribution in [3.05, 3.63) is 83.8 Å². The van der Waals surface area contributed by atoms with E-state index < -0.39 is 0 Å². The first-order valence-electron chi connectivity index (χ1n) is 8.91. The molecule has 0 aliphatic heterocycles. The summed E-state index contributed by atoms with van der Waals surface area (Å²) in [7, 11) is 1.62. The van der Waals surface area contributed by atoms with Gasteiger partial charge in [0.15, 0.2) is 0 Å². The number of nitrogens with one attached hydrogen (secondary N) is 1. The number of pyridine rings is 1. The summed E-state index contributed by atoms with van der Waals surface area (Å²) in [5, 5.41) is 2.88. The van der Waals surface area contributed by atoms with Crippen molar-refractivity contribution in [1.82, 2.24) is 10.3 Å². The van der Waals surface area contributed by atoms with E-state index in [1.165, 1.54) is 24.3 Å². The van der Waals surface area contributed by atoms with E-state index in [1.54, 1.807) is 19.4 Å². The number of benzene rings is 2. The molecule has 0 radical (unpaired) electrons. The first kappa shape index (κ1) is 19.4. The number of hydrogen-bond acceptors (Lipinski definition) is 4. The van der Waals surface area contributed by atoms with Gasteiger partial charge >= 0.3 is 0 Å². The van der Waals surface area contributed by atoms with Gasteiger partial charge in [-0.15, -0.1) is 0 Å². The molecule has 0 saturated carbocycles. The molecule has 1 N–H and O–H groups in total. The van der Waals surface area contributed by atoms with Gasteiger partial charge in [-0.05, 0) is 47.9 Å². The summed E-state index contributed by atoms with van der Waals surface area (Å²) in [6.45, 7) is 0.384. The Hall–Kier alpha value is -3.41. The molecular formula is C22H21FN2O3. The molecule has 3 rings (SSSR count). The molecule has 1 amide bonds. The van der Waals surface area contributed by atoms with Crippen LogP contribution in [0, 0.1) is 5.82 Å². The van der Waals surface area contributed by atoms with Crippen LogP contribution in [-0.4, -0.2) is 18.0 Å². The number of amides is 1. The summed E-state index contributed by atoms with van der Waals surface area (Å²) in [5.74, 6) is 1.33. The fraction of sp³-hybridized carbons (Fsp3) is 0.182.